The summed E-state index contributed by atoms with van der Waals surface area (Å²) in [7, 11) is 0. The molecule has 1 aromatic rings. The van der Waals surface area contributed by atoms with Crippen LogP contribution in [-0.4, -0.2) is 70.0 Å². The number of piperidine rings is 1. The van der Waals surface area contributed by atoms with E-state index < -0.39 is 0 Å². The number of aromatic amines is 1. The number of carbonyl (C=O) groups excluding carboxylic acids is 1. The van der Waals surface area contributed by atoms with E-state index in [-0.39, 0.29) is 19.0 Å². The first-order valence-corrected chi connectivity index (χ1v) is 8.38. The number of aliphatic hydroxyl groups is 1. The summed E-state index contributed by atoms with van der Waals surface area (Å²) in [5.74, 6) is 0.0913. The molecular formula is C16H28N4O4. The van der Waals surface area contributed by atoms with Crippen LogP contribution < -0.4 is 5.32 Å². The van der Waals surface area contributed by atoms with Crippen molar-refractivity contribution in [1.82, 2.24) is 20.4 Å². The summed E-state index contributed by atoms with van der Waals surface area (Å²) in [6, 6.07) is 0.315. The SMILES string of the molecule is O=C(CCc1cn[nH]c1)NCCCN1CCCCC1CO.O=CO. The molecule has 0 spiro atoms. The van der Waals surface area contributed by atoms with Gasteiger partial charge in [-0.1, -0.05) is 6.42 Å². The number of H-pyrrole nitrogens is 1. The first-order chi connectivity index (χ1) is 11.7. The molecule has 8 nitrogen and oxygen atoms in total. The molecule has 4 N–H and O–H groups in total. The van der Waals surface area contributed by atoms with Crippen LogP contribution in [0.2, 0.25) is 0 Å². The minimum absolute atomic E-state index is 0.0913. The summed E-state index contributed by atoms with van der Waals surface area (Å²) in [5.41, 5.74) is 1.06. The average molecular weight is 340 g/mol. The predicted octanol–water partition coefficient (Wildman–Crippen LogP) is 0.396. The highest BCUT2D eigenvalue weighted by molar-refractivity contribution is 5.76. The number of carboxylic acid groups (broad SMARTS) is 1. The molecule has 136 valence electrons. The molecule has 8 heteroatoms. The van der Waals surface area contributed by atoms with E-state index in [4.69, 9.17) is 9.90 Å². The molecule has 2 heterocycles. The standard InChI is InChI=1S/C15H26N4O2.CH2O2/c20-12-14-4-1-2-8-19(14)9-3-7-16-15(21)6-5-13-10-17-18-11-13;2-1-3/h10-11,14,20H,1-9,12H2,(H,16,21)(H,17,18);1H,(H,2,3). The second-order valence-corrected chi connectivity index (χ2v) is 5.78. The Bertz CT molecular complexity index is 453. The van der Waals surface area contributed by atoms with E-state index in [1.165, 1.54) is 12.8 Å². The Morgan fingerprint density at radius 3 is 2.96 bits per heavy atom. The van der Waals surface area contributed by atoms with Gasteiger partial charge in [0.25, 0.3) is 6.47 Å². The van der Waals surface area contributed by atoms with Crippen LogP contribution in [0.15, 0.2) is 12.4 Å². The second-order valence-electron chi connectivity index (χ2n) is 5.78. The quantitative estimate of drug-likeness (QED) is 0.402. The molecule has 24 heavy (non-hydrogen) atoms. The summed E-state index contributed by atoms with van der Waals surface area (Å²) >= 11 is 0. The van der Waals surface area contributed by atoms with Crippen LogP contribution in [0.1, 0.15) is 37.7 Å². The highest BCUT2D eigenvalue weighted by atomic mass is 16.3. The van der Waals surface area contributed by atoms with Gasteiger partial charge in [-0.3, -0.25) is 19.6 Å². The minimum atomic E-state index is -0.250. The summed E-state index contributed by atoms with van der Waals surface area (Å²) in [6.07, 6.45) is 9.25. The lowest BCUT2D eigenvalue weighted by Gasteiger charge is -2.34. The van der Waals surface area contributed by atoms with Crippen molar-refractivity contribution in [2.45, 2.75) is 44.6 Å². The smallest absolute Gasteiger partial charge is 0.290 e. The van der Waals surface area contributed by atoms with Crippen LogP contribution in [-0.2, 0) is 16.0 Å². The number of likely N-dealkylation sites (tertiary alicyclic amines) is 1. The van der Waals surface area contributed by atoms with E-state index in [1.807, 2.05) is 6.20 Å². The van der Waals surface area contributed by atoms with Crippen LogP contribution in [0, 0.1) is 0 Å². The fourth-order valence-corrected chi connectivity index (χ4v) is 2.83. The van der Waals surface area contributed by atoms with Crippen molar-refractivity contribution in [2.24, 2.45) is 0 Å². The van der Waals surface area contributed by atoms with Crippen molar-refractivity contribution in [2.75, 3.05) is 26.2 Å². The topological polar surface area (TPSA) is 119 Å². The zero-order chi connectivity index (χ0) is 17.6. The van der Waals surface area contributed by atoms with E-state index >= 15 is 0 Å². The lowest BCUT2D eigenvalue weighted by atomic mass is 10.0. The number of amides is 1. The summed E-state index contributed by atoms with van der Waals surface area (Å²) in [5, 5.41) is 25.8. The van der Waals surface area contributed by atoms with Gasteiger partial charge in [-0.15, -0.1) is 0 Å². The fourth-order valence-electron chi connectivity index (χ4n) is 2.83. The molecule has 1 aliphatic rings. The maximum Gasteiger partial charge on any atom is 0.290 e. The van der Waals surface area contributed by atoms with Gasteiger partial charge in [0.1, 0.15) is 0 Å². The van der Waals surface area contributed by atoms with E-state index in [2.05, 4.69) is 20.4 Å². The van der Waals surface area contributed by atoms with Crippen LogP contribution in [0.5, 0.6) is 0 Å². The van der Waals surface area contributed by atoms with Gasteiger partial charge in [0.05, 0.1) is 12.8 Å². The van der Waals surface area contributed by atoms with Crippen molar-refractivity contribution < 1.29 is 19.8 Å². The summed E-state index contributed by atoms with van der Waals surface area (Å²) < 4.78 is 0. The van der Waals surface area contributed by atoms with Gasteiger partial charge in [-0.05, 0) is 37.8 Å². The Labute approximate surface area is 142 Å². The zero-order valence-corrected chi connectivity index (χ0v) is 14.0. The molecule has 0 radical (unpaired) electrons. The maximum atomic E-state index is 11.7. The molecule has 0 saturated carbocycles. The predicted molar refractivity (Wildman–Crippen MR) is 89.5 cm³/mol. The summed E-state index contributed by atoms with van der Waals surface area (Å²) in [6.45, 7) is 2.73. The number of aryl methyl sites for hydroxylation is 1. The molecule has 1 aromatic heterocycles. The second kappa shape index (κ2) is 12.5. The van der Waals surface area contributed by atoms with Crippen molar-refractivity contribution >= 4 is 12.4 Å². The third kappa shape index (κ3) is 8.07. The molecule has 1 saturated heterocycles. The molecule has 0 aromatic carbocycles. The number of carbonyl (C=O) groups is 2. The van der Waals surface area contributed by atoms with Gasteiger partial charge >= 0.3 is 0 Å². The Morgan fingerprint density at radius 2 is 2.29 bits per heavy atom. The van der Waals surface area contributed by atoms with Crippen LogP contribution >= 0.6 is 0 Å². The first kappa shape index (κ1) is 20.1. The van der Waals surface area contributed by atoms with Crippen LogP contribution in [0.4, 0.5) is 0 Å². The molecule has 1 amide bonds. The van der Waals surface area contributed by atoms with Crippen molar-refractivity contribution in [3.63, 3.8) is 0 Å². The van der Waals surface area contributed by atoms with E-state index in [0.29, 0.717) is 19.0 Å². The fraction of sp³-hybridized carbons (Fsp3) is 0.688. The molecule has 0 bridgehead atoms. The van der Waals surface area contributed by atoms with Crippen molar-refractivity contribution in [1.29, 1.82) is 0 Å². The van der Waals surface area contributed by atoms with Gasteiger partial charge < -0.3 is 15.5 Å². The average Bonchev–Trinajstić information content (AvgIpc) is 3.11. The van der Waals surface area contributed by atoms with Gasteiger partial charge in [0, 0.05) is 31.7 Å². The third-order valence-corrected chi connectivity index (χ3v) is 4.10. The van der Waals surface area contributed by atoms with Crippen molar-refractivity contribution in [3.05, 3.63) is 18.0 Å². The van der Waals surface area contributed by atoms with E-state index in [1.54, 1.807) is 6.20 Å². The maximum absolute atomic E-state index is 11.7. The number of aromatic nitrogens is 2. The van der Waals surface area contributed by atoms with Gasteiger partial charge in [-0.25, -0.2) is 0 Å². The Kier molecular flexibility index (Phi) is 10.5. The Balaban J connectivity index is 0.000000891. The molecule has 0 aliphatic carbocycles. The number of aliphatic hydroxyl groups excluding tert-OH is 1. The lowest BCUT2D eigenvalue weighted by molar-refractivity contribution is -0.123. The van der Waals surface area contributed by atoms with Crippen LogP contribution in [0.3, 0.4) is 0 Å². The Hall–Kier alpha value is -1.93. The molecular weight excluding hydrogens is 312 g/mol. The molecule has 1 fully saturated rings. The zero-order valence-electron chi connectivity index (χ0n) is 14.0. The third-order valence-electron chi connectivity index (χ3n) is 4.10. The molecule has 2 rings (SSSR count). The lowest BCUT2D eigenvalue weighted by Crippen LogP contribution is -2.43. The van der Waals surface area contributed by atoms with Gasteiger partial charge in [0.2, 0.25) is 5.91 Å². The molecule has 1 atom stereocenters. The van der Waals surface area contributed by atoms with E-state index in [0.717, 1.165) is 37.9 Å². The monoisotopic (exact) mass is 340 g/mol. The highest BCUT2D eigenvalue weighted by Crippen LogP contribution is 2.16. The van der Waals surface area contributed by atoms with Crippen molar-refractivity contribution in [3.8, 4) is 0 Å². The number of hydrogen-bond donors (Lipinski definition) is 4. The largest absolute Gasteiger partial charge is 0.483 e. The summed E-state index contributed by atoms with van der Waals surface area (Å²) in [4.78, 5) is 22.4. The van der Waals surface area contributed by atoms with E-state index in [9.17, 15) is 9.90 Å². The van der Waals surface area contributed by atoms with Gasteiger partial charge in [0.15, 0.2) is 0 Å². The van der Waals surface area contributed by atoms with Crippen LogP contribution in [0.25, 0.3) is 0 Å². The number of nitrogens with zero attached hydrogens (tertiary/aromatic N) is 2. The van der Waals surface area contributed by atoms with Gasteiger partial charge in [-0.2, -0.15) is 5.10 Å². The molecule has 1 unspecified atom stereocenters. The first-order valence-electron chi connectivity index (χ1n) is 8.38. The Morgan fingerprint density at radius 1 is 1.50 bits per heavy atom. The molecule has 1 aliphatic heterocycles. The number of rotatable bonds is 8. The number of nitrogens with one attached hydrogen (secondary N) is 2. The normalized spacial score (nSPS) is 17.6. The minimum Gasteiger partial charge on any atom is -0.483 e. The number of hydrogen-bond acceptors (Lipinski definition) is 5. The highest BCUT2D eigenvalue weighted by Gasteiger charge is 2.20.